The van der Waals surface area contributed by atoms with Gasteiger partial charge in [-0.3, -0.25) is 4.79 Å². The first-order valence-corrected chi connectivity index (χ1v) is 8.93. The van der Waals surface area contributed by atoms with Gasteiger partial charge in [0.15, 0.2) is 0 Å². The van der Waals surface area contributed by atoms with Gasteiger partial charge in [0.05, 0.1) is 18.7 Å². The molecule has 0 saturated heterocycles. The average Bonchev–Trinajstić information content (AvgIpc) is 2.59. The molecule has 3 unspecified atom stereocenters. The van der Waals surface area contributed by atoms with Gasteiger partial charge in [-0.15, -0.1) is 0 Å². The van der Waals surface area contributed by atoms with Gasteiger partial charge in [0, 0.05) is 11.6 Å². The van der Waals surface area contributed by atoms with Crippen LogP contribution < -0.4 is 10.6 Å². The Morgan fingerprint density at radius 3 is 2.77 bits per heavy atom. The minimum Gasteiger partial charge on any atom is -0.344 e. The smallest absolute Gasteiger partial charge is 0.344 e. The monoisotopic (exact) mass is 366 g/mol. The maximum atomic E-state index is 12.6. The topological polar surface area (TPSA) is 41.1 Å². The molecule has 26 heavy (non-hydrogen) atoms. The van der Waals surface area contributed by atoms with Gasteiger partial charge in [-0.25, -0.2) is 0 Å². The second kappa shape index (κ2) is 9.09. The van der Waals surface area contributed by atoms with E-state index in [9.17, 15) is 18.0 Å². The van der Waals surface area contributed by atoms with E-state index in [0.717, 1.165) is 18.6 Å². The van der Waals surface area contributed by atoms with E-state index in [1.165, 1.54) is 25.0 Å². The molecular weight excluding hydrogens is 341 g/mol. The predicted molar refractivity (Wildman–Crippen MR) is 95.3 cm³/mol. The van der Waals surface area contributed by atoms with Gasteiger partial charge in [-0.05, 0) is 36.5 Å². The van der Waals surface area contributed by atoms with Crippen molar-refractivity contribution in [1.82, 2.24) is 10.6 Å². The molecule has 0 spiro atoms. The molecule has 0 aromatic heterocycles. The molecular formula is C20H25F3N2O. The number of hydrogen-bond donors (Lipinski definition) is 2. The maximum Gasteiger partial charge on any atom is 0.416 e. The Balaban J connectivity index is 1.76. The zero-order chi connectivity index (χ0) is 19.2. The molecule has 1 amide bonds. The first-order valence-electron chi connectivity index (χ1n) is 8.93. The molecule has 1 saturated carbocycles. The fraction of sp³-hybridized carbons (Fsp3) is 0.550. The molecule has 1 aromatic carbocycles. The third-order valence-corrected chi connectivity index (χ3v) is 5.03. The van der Waals surface area contributed by atoms with Crippen LogP contribution in [0, 0.1) is 23.7 Å². The number of halogens is 3. The van der Waals surface area contributed by atoms with Crippen LogP contribution in [0.1, 0.15) is 44.2 Å². The summed E-state index contributed by atoms with van der Waals surface area (Å²) >= 11 is 0. The molecule has 1 aliphatic rings. The molecule has 3 atom stereocenters. The van der Waals surface area contributed by atoms with Gasteiger partial charge in [0.1, 0.15) is 0 Å². The van der Waals surface area contributed by atoms with Crippen molar-refractivity contribution in [2.75, 3.05) is 13.1 Å². The Bertz CT molecular complexity index is 676. The van der Waals surface area contributed by atoms with Crippen molar-refractivity contribution in [2.24, 2.45) is 11.8 Å². The van der Waals surface area contributed by atoms with Crippen molar-refractivity contribution >= 4 is 5.91 Å². The Hall–Kier alpha value is -2.00. The third kappa shape index (κ3) is 6.06. The number of rotatable bonds is 4. The Morgan fingerprint density at radius 1 is 1.27 bits per heavy atom. The first-order chi connectivity index (χ1) is 12.3. The second-order valence-corrected chi connectivity index (χ2v) is 6.91. The predicted octanol–water partition coefficient (Wildman–Crippen LogP) is 3.59. The summed E-state index contributed by atoms with van der Waals surface area (Å²) in [7, 11) is 0. The van der Waals surface area contributed by atoms with Crippen LogP contribution in [0.4, 0.5) is 13.2 Å². The van der Waals surface area contributed by atoms with Crippen molar-refractivity contribution in [1.29, 1.82) is 0 Å². The van der Waals surface area contributed by atoms with E-state index in [4.69, 9.17) is 0 Å². The van der Waals surface area contributed by atoms with Crippen LogP contribution >= 0.6 is 0 Å². The molecule has 1 fully saturated rings. The number of nitrogens with one attached hydrogen (secondary N) is 2. The maximum absolute atomic E-state index is 12.6. The highest BCUT2D eigenvalue weighted by atomic mass is 19.4. The lowest BCUT2D eigenvalue weighted by molar-refractivity contribution is -0.137. The van der Waals surface area contributed by atoms with Crippen molar-refractivity contribution in [2.45, 2.75) is 45.3 Å². The van der Waals surface area contributed by atoms with Crippen molar-refractivity contribution < 1.29 is 18.0 Å². The molecule has 2 N–H and O–H groups in total. The highest BCUT2D eigenvalue weighted by molar-refractivity contribution is 5.78. The van der Waals surface area contributed by atoms with Gasteiger partial charge < -0.3 is 10.6 Å². The van der Waals surface area contributed by atoms with E-state index < -0.39 is 11.7 Å². The van der Waals surface area contributed by atoms with Gasteiger partial charge in [-0.1, -0.05) is 44.6 Å². The summed E-state index contributed by atoms with van der Waals surface area (Å²) in [4.78, 5) is 11.9. The molecule has 0 aliphatic heterocycles. The summed E-state index contributed by atoms with van der Waals surface area (Å²) in [6, 6.07) is 5.19. The second-order valence-electron chi connectivity index (χ2n) is 6.91. The fourth-order valence-corrected chi connectivity index (χ4v) is 3.22. The van der Waals surface area contributed by atoms with Crippen molar-refractivity contribution in [3.8, 4) is 11.8 Å². The fourth-order valence-electron chi connectivity index (χ4n) is 3.22. The molecule has 142 valence electrons. The molecule has 1 aromatic rings. The van der Waals surface area contributed by atoms with Crippen LogP contribution in [0.25, 0.3) is 0 Å². The van der Waals surface area contributed by atoms with E-state index in [0.29, 0.717) is 17.9 Å². The zero-order valence-corrected chi connectivity index (χ0v) is 15.1. The lowest BCUT2D eigenvalue weighted by Crippen LogP contribution is -2.45. The van der Waals surface area contributed by atoms with E-state index in [2.05, 4.69) is 36.3 Å². The molecule has 0 heterocycles. The summed E-state index contributed by atoms with van der Waals surface area (Å²) in [6.07, 6.45) is -0.899. The highest BCUT2D eigenvalue weighted by Gasteiger charge is 2.30. The number of benzene rings is 1. The SMILES string of the molecule is CC1CCCC(NCC(=O)NCC#Cc2cccc(C(F)(F)F)c2)C1C. The van der Waals surface area contributed by atoms with Gasteiger partial charge >= 0.3 is 6.18 Å². The van der Waals surface area contributed by atoms with Crippen LogP contribution in [0.2, 0.25) is 0 Å². The third-order valence-electron chi connectivity index (χ3n) is 5.03. The number of carbonyl (C=O) groups is 1. The van der Waals surface area contributed by atoms with Crippen molar-refractivity contribution in [3.63, 3.8) is 0 Å². The van der Waals surface area contributed by atoms with E-state index in [-0.39, 0.29) is 24.6 Å². The summed E-state index contributed by atoms with van der Waals surface area (Å²) in [5.74, 6) is 6.37. The quantitative estimate of drug-likeness (QED) is 0.800. The summed E-state index contributed by atoms with van der Waals surface area (Å²) in [5, 5.41) is 5.97. The molecule has 0 radical (unpaired) electrons. The summed E-state index contributed by atoms with van der Waals surface area (Å²) < 4.78 is 37.9. The standard InChI is InChI=1S/C20H25F3N2O/c1-14-6-3-10-18(15(14)2)25-13-19(26)24-11-5-8-16-7-4-9-17(12-16)20(21,22)23/h4,7,9,12,14-15,18,25H,3,6,10-11,13H2,1-2H3,(H,24,26). The van der Waals surface area contributed by atoms with Crippen LogP contribution in [-0.4, -0.2) is 25.0 Å². The first kappa shape index (κ1) is 20.3. The minimum absolute atomic E-state index is 0.105. The lowest BCUT2D eigenvalue weighted by atomic mass is 9.78. The van der Waals surface area contributed by atoms with Crippen molar-refractivity contribution in [3.05, 3.63) is 35.4 Å². The van der Waals surface area contributed by atoms with Crippen LogP contribution in [0.5, 0.6) is 0 Å². The van der Waals surface area contributed by atoms with Gasteiger partial charge in [-0.2, -0.15) is 13.2 Å². The minimum atomic E-state index is -4.38. The Kier molecular flexibility index (Phi) is 7.10. The normalized spacial score (nSPS) is 23.0. The highest BCUT2D eigenvalue weighted by Crippen LogP contribution is 2.30. The van der Waals surface area contributed by atoms with E-state index in [1.54, 1.807) is 0 Å². The average molecular weight is 366 g/mol. The molecule has 6 heteroatoms. The van der Waals surface area contributed by atoms with Gasteiger partial charge in [0.25, 0.3) is 0 Å². The summed E-state index contributed by atoms with van der Waals surface area (Å²) in [6.45, 7) is 4.78. The lowest BCUT2D eigenvalue weighted by Gasteiger charge is -2.34. The number of alkyl halides is 3. The van der Waals surface area contributed by atoms with Gasteiger partial charge in [0.2, 0.25) is 5.91 Å². The molecule has 0 bridgehead atoms. The molecule has 3 nitrogen and oxygen atoms in total. The molecule has 2 rings (SSSR count). The van der Waals surface area contributed by atoms with Crippen LogP contribution in [0.15, 0.2) is 24.3 Å². The Morgan fingerprint density at radius 2 is 2.04 bits per heavy atom. The number of carbonyl (C=O) groups excluding carboxylic acids is 1. The van der Waals surface area contributed by atoms with Crippen LogP contribution in [-0.2, 0) is 11.0 Å². The number of hydrogen-bond acceptors (Lipinski definition) is 2. The van der Waals surface area contributed by atoms with E-state index in [1.807, 2.05) is 0 Å². The molecule has 1 aliphatic carbocycles. The van der Waals surface area contributed by atoms with Crippen LogP contribution in [0.3, 0.4) is 0 Å². The zero-order valence-electron chi connectivity index (χ0n) is 15.1. The van der Waals surface area contributed by atoms with E-state index >= 15 is 0 Å². The number of amides is 1. The Labute approximate surface area is 152 Å². The largest absolute Gasteiger partial charge is 0.416 e. The summed E-state index contributed by atoms with van der Waals surface area (Å²) in [5.41, 5.74) is -0.453.